The molecule has 0 spiro atoms. The number of benzene rings is 4. The van der Waals surface area contributed by atoms with Gasteiger partial charge in [0.25, 0.3) is 0 Å². The van der Waals surface area contributed by atoms with Gasteiger partial charge in [-0.1, -0.05) is 60.1 Å². The molecule has 318 valence electrons. The van der Waals surface area contributed by atoms with Gasteiger partial charge in [-0.25, -0.2) is 29.1 Å². The molecule has 1 aliphatic rings. The fourth-order valence-corrected chi connectivity index (χ4v) is 8.93. The summed E-state index contributed by atoms with van der Waals surface area (Å²) in [6, 6.07) is 26.1. The van der Waals surface area contributed by atoms with Gasteiger partial charge >= 0.3 is 5.97 Å². The lowest BCUT2D eigenvalue weighted by Crippen LogP contribution is -2.45. The molecule has 1 saturated heterocycles. The van der Waals surface area contributed by atoms with Crippen molar-refractivity contribution in [2.24, 2.45) is 0 Å². The molecule has 4 heterocycles. The van der Waals surface area contributed by atoms with Crippen LogP contribution in [0.25, 0.3) is 43.2 Å². The average molecular weight is 893 g/mol. The lowest BCUT2D eigenvalue weighted by atomic mass is 9.96. The van der Waals surface area contributed by atoms with Crippen LogP contribution in [0.5, 0.6) is 17.4 Å². The van der Waals surface area contributed by atoms with E-state index in [-0.39, 0.29) is 24.7 Å². The third-order valence-corrected chi connectivity index (χ3v) is 12.7. The number of hydrogen-bond acceptors (Lipinski definition) is 13. The summed E-state index contributed by atoms with van der Waals surface area (Å²) in [4.78, 5) is 37.8. The van der Waals surface area contributed by atoms with Gasteiger partial charge in [-0.05, 0) is 78.7 Å². The van der Waals surface area contributed by atoms with Crippen LogP contribution in [-0.2, 0) is 17.8 Å². The molecule has 3 aromatic heterocycles. The number of piperazine rings is 1. The van der Waals surface area contributed by atoms with Gasteiger partial charge in [-0.3, -0.25) is 4.90 Å². The largest absolute Gasteiger partial charge is 0.491 e. The highest BCUT2D eigenvalue weighted by Gasteiger charge is 2.28. The van der Waals surface area contributed by atoms with E-state index in [0.29, 0.717) is 72.9 Å². The van der Waals surface area contributed by atoms with E-state index in [2.05, 4.69) is 36.8 Å². The molecular formula is C46H42ClFN6O6S2. The van der Waals surface area contributed by atoms with Crippen molar-refractivity contribution in [1.82, 2.24) is 29.7 Å². The van der Waals surface area contributed by atoms with Crippen molar-refractivity contribution in [1.29, 1.82) is 0 Å². The topological polar surface area (TPSA) is 143 Å². The normalized spacial score (nSPS) is 13.9. The Labute approximate surface area is 371 Å². The molecule has 1 aliphatic heterocycles. The molecule has 8 rings (SSSR count). The number of thiophene rings is 1. The number of aromatic nitrogens is 4. The predicted octanol–water partition coefficient (Wildman–Crippen LogP) is 9.43. The minimum Gasteiger partial charge on any atom is -0.491 e. The van der Waals surface area contributed by atoms with E-state index in [0.717, 1.165) is 59.9 Å². The van der Waals surface area contributed by atoms with Crippen LogP contribution in [0.4, 0.5) is 4.39 Å². The number of aliphatic carboxylic acids is 1. The highest BCUT2D eigenvalue weighted by atomic mass is 35.5. The molecule has 0 aliphatic carbocycles. The zero-order valence-electron chi connectivity index (χ0n) is 33.8. The smallest absolute Gasteiger partial charge is 0.345 e. The molecule has 1 atom stereocenters. The van der Waals surface area contributed by atoms with E-state index in [1.165, 1.54) is 29.8 Å². The van der Waals surface area contributed by atoms with E-state index in [9.17, 15) is 18.8 Å². The van der Waals surface area contributed by atoms with E-state index in [4.69, 9.17) is 25.8 Å². The Bertz CT molecular complexity index is 2700. The average Bonchev–Trinajstić information content (AvgIpc) is 3.68. The Hall–Kier alpha value is -5.68. The molecule has 7 aromatic rings. The molecule has 1 unspecified atom stereocenters. The van der Waals surface area contributed by atoms with Crippen molar-refractivity contribution in [3.8, 4) is 50.3 Å². The molecule has 16 heteroatoms. The standard InChI is InChI=1S/C46H42ClFN6O6S2/c1-28-35(14-15-37(41(28)47)58-23-22-54-20-18-53(2)19-21-54)39-40-44(50-27-51-45(40)61-42(39)29-10-12-32(48)13-11-29)60-38(46(55)56)25-30-6-3-4-9-36(30)59-26-33-16-17-49-43(52-33)31-7-5-8-34(24-31)62-57/h3-17,24,27,38,57H,18-23,25-26H2,1-2H3,(H,55,56). The molecule has 0 saturated carbocycles. The van der Waals surface area contributed by atoms with E-state index < -0.39 is 12.1 Å². The van der Waals surface area contributed by atoms with Gasteiger partial charge in [0, 0.05) is 78.3 Å². The van der Waals surface area contributed by atoms with Crippen LogP contribution in [0, 0.1) is 12.7 Å². The first-order valence-corrected chi connectivity index (χ1v) is 21.8. The van der Waals surface area contributed by atoms with Gasteiger partial charge in [0.2, 0.25) is 12.0 Å². The zero-order valence-corrected chi connectivity index (χ0v) is 36.2. The summed E-state index contributed by atoms with van der Waals surface area (Å²) in [6.07, 6.45) is 1.53. The lowest BCUT2D eigenvalue weighted by molar-refractivity contribution is -0.145. The summed E-state index contributed by atoms with van der Waals surface area (Å²) in [5.74, 6) is -0.0309. The predicted molar refractivity (Wildman–Crippen MR) is 240 cm³/mol. The van der Waals surface area contributed by atoms with Gasteiger partial charge in [0.1, 0.15) is 41.7 Å². The summed E-state index contributed by atoms with van der Waals surface area (Å²) >= 11 is 9.05. The first-order chi connectivity index (χ1) is 30.1. The molecule has 0 amide bonds. The molecular weight excluding hydrogens is 851 g/mol. The minimum absolute atomic E-state index is 0.0625. The summed E-state index contributed by atoms with van der Waals surface area (Å²) in [5, 5.41) is 11.5. The van der Waals surface area contributed by atoms with Crippen molar-refractivity contribution in [3.63, 3.8) is 0 Å². The molecule has 62 heavy (non-hydrogen) atoms. The summed E-state index contributed by atoms with van der Waals surface area (Å²) in [5.41, 5.74) is 4.81. The Kier molecular flexibility index (Phi) is 13.6. The summed E-state index contributed by atoms with van der Waals surface area (Å²) in [6.45, 7) is 7.22. The maximum atomic E-state index is 14.2. The van der Waals surface area contributed by atoms with Crippen LogP contribution >= 0.6 is 35.0 Å². The summed E-state index contributed by atoms with van der Waals surface area (Å²) in [7, 11) is 2.12. The van der Waals surface area contributed by atoms with Crippen molar-refractivity contribution >= 4 is 51.2 Å². The number of halogens is 2. The number of hydrogen-bond donors (Lipinski definition) is 2. The third-order valence-electron chi connectivity index (χ3n) is 10.6. The Morgan fingerprint density at radius 2 is 1.74 bits per heavy atom. The van der Waals surface area contributed by atoms with Gasteiger partial charge < -0.3 is 28.8 Å². The van der Waals surface area contributed by atoms with Gasteiger partial charge in [-0.15, -0.1) is 11.3 Å². The molecule has 0 radical (unpaired) electrons. The number of likely N-dealkylation sites (N-methyl/N-ethyl adjacent to an activating group) is 1. The quantitative estimate of drug-likeness (QED) is 0.0891. The molecule has 12 nitrogen and oxygen atoms in total. The molecule has 1 fully saturated rings. The third kappa shape index (κ3) is 9.83. The number of carbonyl (C=O) groups is 1. The number of ether oxygens (including phenoxy) is 3. The Balaban J connectivity index is 1.08. The zero-order chi connectivity index (χ0) is 43.2. The number of fused-ring (bicyclic) bond motifs is 1. The van der Waals surface area contributed by atoms with Crippen molar-refractivity contribution in [2.75, 3.05) is 46.4 Å². The monoisotopic (exact) mass is 892 g/mol. The van der Waals surface area contributed by atoms with E-state index >= 15 is 0 Å². The highest BCUT2D eigenvalue weighted by Crippen LogP contribution is 2.49. The maximum Gasteiger partial charge on any atom is 0.345 e. The molecule has 0 bridgehead atoms. The number of rotatable bonds is 16. The van der Waals surface area contributed by atoms with Gasteiger partial charge in [0.05, 0.1) is 16.1 Å². The Morgan fingerprint density at radius 3 is 2.53 bits per heavy atom. The van der Waals surface area contributed by atoms with Crippen LogP contribution in [0.1, 0.15) is 16.8 Å². The lowest BCUT2D eigenvalue weighted by Gasteiger charge is -2.32. The number of nitrogens with zero attached hydrogens (tertiary/aromatic N) is 6. The first kappa shape index (κ1) is 43.0. The first-order valence-electron chi connectivity index (χ1n) is 19.9. The van der Waals surface area contributed by atoms with Gasteiger partial charge in [0.15, 0.2) is 5.82 Å². The fourth-order valence-electron chi connectivity index (χ4n) is 7.24. The van der Waals surface area contributed by atoms with Crippen molar-refractivity contribution < 1.29 is 33.1 Å². The van der Waals surface area contributed by atoms with Crippen molar-refractivity contribution in [2.45, 2.75) is 31.0 Å². The SMILES string of the molecule is Cc1c(-c2c(-c3ccc(F)cc3)sc3ncnc(OC(Cc4ccccc4OCc4ccnc(-c5cccc(SO)c5)n4)C(=O)O)c23)ccc(OCCN2CCN(C)CC2)c1Cl. The van der Waals surface area contributed by atoms with Crippen LogP contribution in [0.15, 0.2) is 108 Å². The Morgan fingerprint density at radius 1 is 0.935 bits per heavy atom. The van der Waals surface area contributed by atoms with Crippen LogP contribution < -0.4 is 14.2 Å². The van der Waals surface area contributed by atoms with Gasteiger partial charge in [-0.2, -0.15) is 0 Å². The second-order valence-corrected chi connectivity index (χ2v) is 16.8. The fraction of sp³-hybridized carbons (Fsp3) is 0.239. The highest BCUT2D eigenvalue weighted by molar-refractivity contribution is 7.93. The second kappa shape index (κ2) is 19.6. The maximum absolute atomic E-state index is 14.2. The van der Waals surface area contributed by atoms with E-state index in [1.54, 1.807) is 60.8 Å². The van der Waals surface area contributed by atoms with Crippen LogP contribution in [-0.4, -0.2) is 97.8 Å². The number of para-hydroxylation sites is 1. The van der Waals surface area contributed by atoms with Crippen molar-refractivity contribution in [3.05, 3.63) is 131 Å². The minimum atomic E-state index is -1.39. The number of carboxylic acid groups (broad SMARTS) is 1. The number of carboxylic acids is 1. The summed E-state index contributed by atoms with van der Waals surface area (Å²) < 4.78 is 42.5. The second-order valence-electron chi connectivity index (χ2n) is 14.8. The van der Waals surface area contributed by atoms with Crippen LogP contribution in [0.2, 0.25) is 5.02 Å². The molecule has 2 N–H and O–H groups in total. The molecule has 4 aromatic carbocycles. The van der Waals surface area contributed by atoms with Crippen LogP contribution in [0.3, 0.4) is 0 Å². The van der Waals surface area contributed by atoms with E-state index in [1.807, 2.05) is 31.2 Å².